The van der Waals surface area contributed by atoms with Crippen LogP contribution in [-0.2, 0) is 31.7 Å². The minimum atomic E-state index is -3.04. The number of hydrogen-bond donors (Lipinski definition) is 3. The Bertz CT molecular complexity index is 1550. The van der Waals surface area contributed by atoms with Crippen LogP contribution in [0.4, 0.5) is 9.18 Å². The summed E-state index contributed by atoms with van der Waals surface area (Å²) in [5, 5.41) is 5.49. The number of thiol groups is 1. The lowest BCUT2D eigenvalue weighted by Gasteiger charge is -2.19. The molecule has 0 unspecified atom stereocenters. The monoisotopic (exact) mass is 603 g/mol. The fourth-order valence-corrected chi connectivity index (χ4v) is 4.97. The average molecular weight is 604 g/mol. The number of nitrogens with one attached hydrogen (secondary N) is 2. The van der Waals surface area contributed by atoms with E-state index in [9.17, 15) is 27.2 Å². The number of hydrogen-bond acceptors (Lipinski definition) is 8. The summed E-state index contributed by atoms with van der Waals surface area (Å²) in [6.45, 7) is 4.30. The Labute approximate surface area is 244 Å². The van der Waals surface area contributed by atoms with Crippen molar-refractivity contribution in [2.45, 2.75) is 51.7 Å². The van der Waals surface area contributed by atoms with Crippen molar-refractivity contribution >= 4 is 39.8 Å². The lowest BCUT2D eigenvalue weighted by molar-refractivity contribution is -0.142. The summed E-state index contributed by atoms with van der Waals surface area (Å²) in [4.78, 5) is 36.7. The molecule has 2 amide bonds. The molecule has 1 fully saturated rings. The topological polar surface area (TPSA) is 144 Å². The van der Waals surface area contributed by atoms with Crippen molar-refractivity contribution in [1.29, 1.82) is 0 Å². The number of rotatable bonds is 11. The average Bonchev–Trinajstić information content (AvgIpc) is 3.70. The summed E-state index contributed by atoms with van der Waals surface area (Å²) in [6.07, 6.45) is 1.07. The summed E-state index contributed by atoms with van der Waals surface area (Å²) < 4.78 is 55.3. The van der Waals surface area contributed by atoms with Crippen LogP contribution in [0.2, 0.25) is 0 Å². The van der Waals surface area contributed by atoms with Gasteiger partial charge in [0.1, 0.15) is 35.9 Å². The number of amides is 2. The van der Waals surface area contributed by atoms with E-state index >= 15 is 0 Å². The maximum Gasteiger partial charge on any atom is 0.408 e. The molecule has 0 aliphatic heterocycles. The first-order valence-corrected chi connectivity index (χ1v) is 14.6. The van der Waals surface area contributed by atoms with E-state index in [0.29, 0.717) is 27.7 Å². The van der Waals surface area contributed by atoms with Crippen molar-refractivity contribution < 1.29 is 41.1 Å². The van der Waals surface area contributed by atoms with Crippen molar-refractivity contribution in [2.75, 3.05) is 26.7 Å². The molecule has 226 valence electrons. The summed E-state index contributed by atoms with van der Waals surface area (Å²) in [5.41, 5.74) is 2.09. The first kappa shape index (κ1) is 31.0. The number of esters is 1. The third-order valence-corrected chi connectivity index (χ3v) is 7.30. The molecule has 1 aromatic heterocycles. The molecule has 4 rings (SSSR count). The van der Waals surface area contributed by atoms with Crippen molar-refractivity contribution in [3.63, 3.8) is 0 Å². The Morgan fingerprint density at radius 2 is 1.81 bits per heavy atom. The molecule has 11 nitrogen and oxygen atoms in total. The van der Waals surface area contributed by atoms with Gasteiger partial charge in [0.15, 0.2) is 0 Å². The van der Waals surface area contributed by atoms with E-state index < -0.39 is 40.9 Å². The Morgan fingerprint density at radius 3 is 2.40 bits per heavy atom. The molecule has 0 saturated heterocycles. The van der Waals surface area contributed by atoms with Gasteiger partial charge in [-0.3, -0.25) is 9.59 Å². The standard InChI is InChI=1S/C29H34FN3O8S/c1-29(2,3)41-28(36)32-15-24(34)39-12-11-33(42(37)38)16-19-13-23-22(14-21(19)17-5-6-17)25(27(35)31-4)26(40-23)18-7-9-20(30)10-8-18/h7-10,13-14,17,42H,5-6,11-12,15-16H2,1-4H3,(H,31,35)(H,32,36). The zero-order valence-electron chi connectivity index (χ0n) is 23.8. The molecular weight excluding hydrogens is 569 g/mol. The van der Waals surface area contributed by atoms with Gasteiger partial charge in [-0.05, 0) is 87.1 Å². The minimum Gasteiger partial charge on any atom is -0.463 e. The van der Waals surface area contributed by atoms with Gasteiger partial charge >= 0.3 is 12.1 Å². The number of benzene rings is 2. The van der Waals surface area contributed by atoms with Crippen LogP contribution in [-0.4, -0.2) is 63.0 Å². The molecule has 13 heteroatoms. The van der Waals surface area contributed by atoms with Gasteiger partial charge in [0.2, 0.25) is 10.9 Å². The zero-order chi connectivity index (χ0) is 30.6. The number of carbonyl (C=O) groups is 3. The van der Waals surface area contributed by atoms with Crippen molar-refractivity contribution in [1.82, 2.24) is 14.9 Å². The van der Waals surface area contributed by atoms with Gasteiger partial charge in [0.05, 0.1) is 5.56 Å². The van der Waals surface area contributed by atoms with E-state index in [1.54, 1.807) is 26.8 Å². The fraction of sp³-hybridized carbons (Fsp3) is 0.414. The number of ether oxygens (including phenoxy) is 2. The smallest absolute Gasteiger partial charge is 0.408 e. The molecule has 0 atom stereocenters. The van der Waals surface area contributed by atoms with Crippen LogP contribution >= 0.6 is 0 Å². The number of furan rings is 1. The second-order valence-corrected chi connectivity index (χ2v) is 12.0. The number of fused-ring (bicyclic) bond motifs is 1. The van der Waals surface area contributed by atoms with Crippen molar-refractivity contribution in [3.05, 3.63) is 58.9 Å². The van der Waals surface area contributed by atoms with E-state index in [1.807, 2.05) is 6.07 Å². The molecular formula is C29H34FN3O8S. The van der Waals surface area contributed by atoms with E-state index in [1.165, 1.54) is 31.3 Å². The molecule has 2 N–H and O–H groups in total. The highest BCUT2D eigenvalue weighted by atomic mass is 32.2. The van der Waals surface area contributed by atoms with Gasteiger partial charge in [-0.15, -0.1) is 0 Å². The minimum absolute atomic E-state index is 0.00389. The van der Waals surface area contributed by atoms with Gasteiger partial charge in [-0.25, -0.2) is 17.6 Å². The molecule has 0 radical (unpaired) electrons. The molecule has 1 aliphatic carbocycles. The SMILES string of the molecule is CNC(=O)c1c(-c2ccc(F)cc2)oc2cc(CN(CCOC(=O)CNC(=O)OC(C)(C)C)[SH](=O)=O)c(C3CC3)cc12. The summed E-state index contributed by atoms with van der Waals surface area (Å²) in [6, 6.07) is 9.19. The van der Waals surface area contributed by atoms with Gasteiger partial charge in [-0.2, -0.15) is 4.31 Å². The van der Waals surface area contributed by atoms with Crippen LogP contribution in [0.5, 0.6) is 0 Å². The van der Waals surface area contributed by atoms with Crippen LogP contribution in [0.3, 0.4) is 0 Å². The predicted molar refractivity (Wildman–Crippen MR) is 153 cm³/mol. The quantitative estimate of drug-likeness (QED) is 0.221. The zero-order valence-corrected chi connectivity index (χ0v) is 24.7. The molecule has 0 bridgehead atoms. The predicted octanol–water partition coefficient (Wildman–Crippen LogP) is 3.87. The van der Waals surface area contributed by atoms with Crippen molar-refractivity contribution in [2.24, 2.45) is 0 Å². The second-order valence-electron chi connectivity index (χ2n) is 10.9. The Balaban J connectivity index is 1.53. The molecule has 1 aliphatic rings. The summed E-state index contributed by atoms with van der Waals surface area (Å²) in [5.74, 6) is -1.05. The largest absolute Gasteiger partial charge is 0.463 e. The third kappa shape index (κ3) is 7.85. The Morgan fingerprint density at radius 1 is 1.12 bits per heavy atom. The molecule has 3 aromatic rings. The van der Waals surface area contributed by atoms with Crippen LogP contribution in [0.1, 0.15) is 61.0 Å². The summed E-state index contributed by atoms with van der Waals surface area (Å²) >= 11 is 0. The van der Waals surface area contributed by atoms with E-state index in [0.717, 1.165) is 22.7 Å². The highest BCUT2D eigenvalue weighted by Crippen LogP contribution is 2.45. The highest BCUT2D eigenvalue weighted by molar-refractivity contribution is 7.69. The maximum atomic E-state index is 13.6. The normalized spacial score (nSPS) is 13.4. The number of nitrogens with zero attached hydrogens (tertiary/aromatic N) is 1. The lowest BCUT2D eigenvalue weighted by atomic mass is 9.97. The Kier molecular flexibility index (Phi) is 9.52. The maximum absolute atomic E-state index is 13.6. The second kappa shape index (κ2) is 12.9. The van der Waals surface area contributed by atoms with Gasteiger partial charge < -0.3 is 24.5 Å². The molecule has 2 aromatic carbocycles. The summed E-state index contributed by atoms with van der Waals surface area (Å²) in [7, 11) is -1.53. The van der Waals surface area contributed by atoms with Crippen molar-refractivity contribution in [3.8, 4) is 11.3 Å². The van der Waals surface area contributed by atoms with Gasteiger partial charge in [-0.1, -0.05) is 0 Å². The van der Waals surface area contributed by atoms with E-state index in [2.05, 4.69) is 10.6 Å². The molecule has 1 saturated carbocycles. The van der Waals surface area contributed by atoms with Crippen LogP contribution < -0.4 is 10.6 Å². The Hall–Kier alpha value is -3.97. The van der Waals surface area contributed by atoms with Crippen LogP contribution in [0.25, 0.3) is 22.3 Å². The highest BCUT2D eigenvalue weighted by Gasteiger charge is 2.30. The molecule has 1 heterocycles. The van der Waals surface area contributed by atoms with Gasteiger partial charge in [0.25, 0.3) is 5.91 Å². The first-order chi connectivity index (χ1) is 19.9. The fourth-order valence-electron chi connectivity index (χ4n) is 4.46. The number of halogens is 1. The number of alkyl carbamates (subject to hydrolysis) is 1. The van der Waals surface area contributed by atoms with Crippen LogP contribution in [0.15, 0.2) is 40.8 Å². The third-order valence-electron chi connectivity index (χ3n) is 6.50. The lowest BCUT2D eigenvalue weighted by Crippen LogP contribution is -2.36. The molecule has 42 heavy (non-hydrogen) atoms. The number of carbonyl (C=O) groups excluding carboxylic acids is 3. The van der Waals surface area contributed by atoms with Crippen LogP contribution in [0, 0.1) is 5.82 Å². The molecule has 0 spiro atoms. The van der Waals surface area contributed by atoms with Gasteiger partial charge in [0, 0.05) is 31.1 Å². The van der Waals surface area contributed by atoms with E-state index in [4.69, 9.17) is 13.9 Å². The first-order valence-electron chi connectivity index (χ1n) is 13.5. The van der Waals surface area contributed by atoms with E-state index in [-0.39, 0.29) is 37.3 Å².